The first-order chi connectivity index (χ1) is 10.1. The third-order valence-electron chi connectivity index (χ3n) is 2.93. The van der Waals surface area contributed by atoms with Crippen LogP contribution in [0.15, 0.2) is 54.6 Å². The Bertz CT molecular complexity index is 626. The lowest BCUT2D eigenvalue weighted by atomic mass is 10.3. The molecule has 2 aromatic carbocycles. The second-order valence-electron chi connectivity index (χ2n) is 4.33. The van der Waals surface area contributed by atoms with Crippen molar-refractivity contribution in [1.29, 1.82) is 0 Å². The fourth-order valence-electron chi connectivity index (χ4n) is 1.70. The van der Waals surface area contributed by atoms with Crippen LogP contribution in [-0.4, -0.2) is 24.5 Å². The zero-order valence-electron chi connectivity index (χ0n) is 11.4. The van der Waals surface area contributed by atoms with Gasteiger partial charge < -0.3 is 9.64 Å². The number of hydrogen-bond donors (Lipinski definition) is 0. The normalized spacial score (nSPS) is 9.95. The van der Waals surface area contributed by atoms with Crippen LogP contribution in [0.4, 0.5) is 11.4 Å². The topological polar surface area (TPSA) is 72.7 Å². The number of ether oxygens (including phenoxy) is 1. The van der Waals surface area contributed by atoms with Crippen molar-refractivity contribution in [2.45, 2.75) is 0 Å². The summed E-state index contributed by atoms with van der Waals surface area (Å²) in [5.74, 6) is 0.204. The van der Waals surface area contributed by atoms with Gasteiger partial charge >= 0.3 is 0 Å². The van der Waals surface area contributed by atoms with Gasteiger partial charge in [-0.2, -0.15) is 0 Å². The van der Waals surface area contributed by atoms with Gasteiger partial charge in [0, 0.05) is 24.9 Å². The molecule has 0 aromatic heterocycles. The van der Waals surface area contributed by atoms with E-state index in [1.807, 2.05) is 30.3 Å². The summed E-state index contributed by atoms with van der Waals surface area (Å²) < 4.78 is 5.33. The summed E-state index contributed by atoms with van der Waals surface area (Å²) >= 11 is 0. The summed E-state index contributed by atoms with van der Waals surface area (Å²) in [6.07, 6.45) is 0. The van der Waals surface area contributed by atoms with Crippen LogP contribution in [0.5, 0.6) is 5.75 Å². The molecule has 108 valence electrons. The van der Waals surface area contributed by atoms with E-state index in [2.05, 4.69) is 0 Å². The Labute approximate surface area is 121 Å². The first-order valence-corrected chi connectivity index (χ1v) is 6.27. The van der Waals surface area contributed by atoms with Gasteiger partial charge in [0.1, 0.15) is 5.75 Å². The van der Waals surface area contributed by atoms with Crippen LogP contribution in [0.25, 0.3) is 0 Å². The van der Waals surface area contributed by atoms with E-state index in [-0.39, 0.29) is 18.2 Å². The molecular weight excluding hydrogens is 272 g/mol. The Morgan fingerprint density at radius 1 is 1.14 bits per heavy atom. The Morgan fingerprint density at radius 2 is 1.76 bits per heavy atom. The van der Waals surface area contributed by atoms with Gasteiger partial charge in [-0.25, -0.2) is 0 Å². The molecule has 0 aliphatic heterocycles. The van der Waals surface area contributed by atoms with Crippen molar-refractivity contribution in [2.24, 2.45) is 0 Å². The molecule has 6 heteroatoms. The monoisotopic (exact) mass is 286 g/mol. The number of rotatable bonds is 5. The zero-order valence-corrected chi connectivity index (χ0v) is 11.4. The third-order valence-corrected chi connectivity index (χ3v) is 2.93. The Morgan fingerprint density at radius 3 is 2.33 bits per heavy atom. The summed E-state index contributed by atoms with van der Waals surface area (Å²) in [6, 6.07) is 14.8. The van der Waals surface area contributed by atoms with Crippen LogP contribution in [0.2, 0.25) is 0 Å². The van der Waals surface area contributed by atoms with Crippen LogP contribution in [-0.2, 0) is 4.79 Å². The molecule has 0 bridgehead atoms. The summed E-state index contributed by atoms with van der Waals surface area (Å²) in [4.78, 5) is 23.5. The smallest absolute Gasteiger partial charge is 0.269 e. The number of benzene rings is 2. The largest absolute Gasteiger partial charge is 0.484 e. The molecule has 0 radical (unpaired) electrons. The van der Waals surface area contributed by atoms with Crippen molar-refractivity contribution in [3.63, 3.8) is 0 Å². The van der Waals surface area contributed by atoms with Crippen molar-refractivity contribution < 1.29 is 14.5 Å². The molecule has 0 heterocycles. The predicted molar refractivity (Wildman–Crippen MR) is 78.4 cm³/mol. The number of anilines is 1. The van der Waals surface area contributed by atoms with Crippen molar-refractivity contribution in [1.82, 2.24) is 0 Å². The van der Waals surface area contributed by atoms with E-state index in [1.54, 1.807) is 7.05 Å². The first-order valence-electron chi connectivity index (χ1n) is 6.27. The SMILES string of the molecule is CN(C(=O)COc1ccc([N+](=O)[O-])cc1)c1ccccc1. The maximum atomic E-state index is 12.0. The molecule has 0 aliphatic rings. The lowest BCUT2D eigenvalue weighted by molar-refractivity contribution is -0.384. The summed E-state index contributed by atoms with van der Waals surface area (Å²) in [6.45, 7) is -0.136. The van der Waals surface area contributed by atoms with Gasteiger partial charge in [-0.05, 0) is 24.3 Å². The third kappa shape index (κ3) is 3.79. The van der Waals surface area contributed by atoms with Gasteiger partial charge in [0.25, 0.3) is 11.6 Å². The lowest BCUT2D eigenvalue weighted by Gasteiger charge is -2.17. The molecular formula is C15H14N2O4. The highest BCUT2D eigenvalue weighted by Gasteiger charge is 2.12. The van der Waals surface area contributed by atoms with Crippen LogP contribution >= 0.6 is 0 Å². The van der Waals surface area contributed by atoms with Crippen LogP contribution in [0.1, 0.15) is 0 Å². The number of carbonyl (C=O) groups is 1. The molecule has 0 saturated heterocycles. The standard InChI is InChI=1S/C15H14N2O4/c1-16(12-5-3-2-4-6-12)15(18)11-21-14-9-7-13(8-10-14)17(19)20/h2-10H,11H2,1H3. The molecule has 0 fully saturated rings. The maximum Gasteiger partial charge on any atom is 0.269 e. The number of nitro groups is 1. The highest BCUT2D eigenvalue weighted by atomic mass is 16.6. The first kappa shape index (κ1) is 14.5. The van der Waals surface area contributed by atoms with Gasteiger partial charge in [0.15, 0.2) is 6.61 Å². The number of para-hydroxylation sites is 1. The van der Waals surface area contributed by atoms with E-state index >= 15 is 0 Å². The van der Waals surface area contributed by atoms with Crippen LogP contribution < -0.4 is 9.64 Å². The molecule has 0 saturated carbocycles. The van der Waals surface area contributed by atoms with Crippen molar-refractivity contribution in [2.75, 3.05) is 18.6 Å². The van der Waals surface area contributed by atoms with E-state index in [4.69, 9.17) is 4.74 Å². The van der Waals surface area contributed by atoms with Gasteiger partial charge in [-0.1, -0.05) is 18.2 Å². The Balaban J connectivity index is 1.93. The Hall–Kier alpha value is -2.89. The summed E-state index contributed by atoms with van der Waals surface area (Å²) in [5.41, 5.74) is 0.755. The second kappa shape index (κ2) is 6.51. The van der Waals surface area contributed by atoms with Gasteiger partial charge in [-0.15, -0.1) is 0 Å². The predicted octanol–water partition coefficient (Wildman–Crippen LogP) is 2.64. The summed E-state index contributed by atoms with van der Waals surface area (Å²) in [5, 5.41) is 10.5. The molecule has 0 unspecified atom stereocenters. The van der Waals surface area contributed by atoms with E-state index in [9.17, 15) is 14.9 Å². The van der Waals surface area contributed by atoms with E-state index in [0.29, 0.717) is 5.75 Å². The van der Waals surface area contributed by atoms with Crippen molar-refractivity contribution in [3.05, 3.63) is 64.7 Å². The lowest BCUT2D eigenvalue weighted by Crippen LogP contribution is -2.31. The van der Waals surface area contributed by atoms with Crippen molar-refractivity contribution >= 4 is 17.3 Å². The van der Waals surface area contributed by atoms with Gasteiger partial charge in [0.2, 0.25) is 0 Å². The van der Waals surface area contributed by atoms with Crippen LogP contribution in [0, 0.1) is 10.1 Å². The number of amides is 1. The van der Waals surface area contributed by atoms with E-state index in [0.717, 1.165) is 5.69 Å². The molecule has 0 atom stereocenters. The molecule has 0 N–H and O–H groups in total. The van der Waals surface area contributed by atoms with Crippen LogP contribution in [0.3, 0.4) is 0 Å². The highest BCUT2D eigenvalue weighted by molar-refractivity contribution is 5.93. The number of hydrogen-bond acceptors (Lipinski definition) is 4. The molecule has 1 amide bonds. The van der Waals surface area contributed by atoms with E-state index in [1.165, 1.54) is 29.2 Å². The second-order valence-corrected chi connectivity index (χ2v) is 4.33. The number of nitro benzene ring substituents is 1. The molecule has 0 spiro atoms. The minimum absolute atomic E-state index is 0.0184. The average Bonchev–Trinajstić information content (AvgIpc) is 2.53. The van der Waals surface area contributed by atoms with E-state index < -0.39 is 4.92 Å². The summed E-state index contributed by atoms with van der Waals surface area (Å²) in [7, 11) is 1.66. The number of non-ortho nitro benzene ring substituents is 1. The van der Waals surface area contributed by atoms with Gasteiger partial charge in [-0.3, -0.25) is 14.9 Å². The molecule has 2 aromatic rings. The fourth-order valence-corrected chi connectivity index (χ4v) is 1.70. The quantitative estimate of drug-likeness (QED) is 0.625. The number of carbonyl (C=O) groups excluding carboxylic acids is 1. The minimum atomic E-state index is -0.488. The highest BCUT2D eigenvalue weighted by Crippen LogP contribution is 2.17. The molecule has 0 aliphatic carbocycles. The zero-order chi connectivity index (χ0) is 15.2. The minimum Gasteiger partial charge on any atom is -0.484 e. The molecule has 2 rings (SSSR count). The van der Waals surface area contributed by atoms with Crippen molar-refractivity contribution in [3.8, 4) is 5.75 Å². The molecule has 21 heavy (non-hydrogen) atoms. The average molecular weight is 286 g/mol. The maximum absolute atomic E-state index is 12.0. The Kier molecular flexibility index (Phi) is 4.50. The van der Waals surface area contributed by atoms with Gasteiger partial charge in [0.05, 0.1) is 4.92 Å². The fraction of sp³-hybridized carbons (Fsp3) is 0.133. The molecule has 6 nitrogen and oxygen atoms in total. The number of likely N-dealkylation sites (N-methyl/N-ethyl adjacent to an activating group) is 1. The number of nitrogens with zero attached hydrogens (tertiary/aromatic N) is 2.